The minimum atomic E-state index is 0.631. The van der Waals surface area contributed by atoms with Gasteiger partial charge in [0.15, 0.2) is 23.1 Å². The van der Waals surface area contributed by atoms with Gasteiger partial charge < -0.3 is 4.42 Å². The summed E-state index contributed by atoms with van der Waals surface area (Å²) >= 11 is 1.78. The summed E-state index contributed by atoms with van der Waals surface area (Å²) in [6, 6.07) is 58.8. The lowest BCUT2D eigenvalue weighted by molar-refractivity contribution is 0.620. The van der Waals surface area contributed by atoms with Gasteiger partial charge in [0.25, 0.3) is 0 Å². The molecule has 11 aromatic rings. The second-order valence-corrected chi connectivity index (χ2v) is 14.5. The Hall–Kier alpha value is -7.02. The molecule has 0 amide bonds. The van der Waals surface area contributed by atoms with E-state index in [0.717, 1.165) is 55.1 Å². The van der Waals surface area contributed by atoms with Crippen LogP contribution < -0.4 is 0 Å². The van der Waals surface area contributed by atoms with Gasteiger partial charge in [-0.15, -0.1) is 11.3 Å². The van der Waals surface area contributed by atoms with Crippen LogP contribution in [-0.4, -0.2) is 19.9 Å². The Kier molecular flexibility index (Phi) is 6.97. The quantitative estimate of drug-likeness (QED) is 0.178. The van der Waals surface area contributed by atoms with Crippen LogP contribution in [0, 0.1) is 0 Å². The summed E-state index contributed by atoms with van der Waals surface area (Å²) in [7, 11) is 0. The zero-order valence-corrected chi connectivity index (χ0v) is 29.6. The molecule has 0 aliphatic rings. The van der Waals surface area contributed by atoms with Gasteiger partial charge in [0, 0.05) is 48.5 Å². The fourth-order valence-electron chi connectivity index (χ4n) is 7.58. The summed E-state index contributed by atoms with van der Waals surface area (Å²) in [6.45, 7) is 0. The summed E-state index contributed by atoms with van der Waals surface area (Å²) in [5.41, 5.74) is 7.77. The predicted octanol–water partition coefficient (Wildman–Crippen LogP) is 13.0. The van der Waals surface area contributed by atoms with Crippen molar-refractivity contribution in [3.63, 3.8) is 0 Å². The van der Waals surface area contributed by atoms with E-state index >= 15 is 0 Å². The molecule has 5 nitrogen and oxygen atoms in total. The maximum Gasteiger partial charge on any atom is 0.227 e. The number of benzene rings is 8. The van der Waals surface area contributed by atoms with Crippen molar-refractivity contribution in [1.29, 1.82) is 0 Å². The van der Waals surface area contributed by atoms with Crippen LogP contribution in [-0.2, 0) is 0 Å². The van der Waals surface area contributed by atoms with Crippen LogP contribution >= 0.6 is 11.3 Å². The molecule has 6 heteroatoms. The molecule has 0 N–H and O–H groups in total. The Bertz CT molecular complexity index is 3220. The van der Waals surface area contributed by atoms with Crippen molar-refractivity contribution in [3.8, 4) is 56.7 Å². The zero-order valence-electron chi connectivity index (χ0n) is 28.8. The highest BCUT2D eigenvalue weighted by Crippen LogP contribution is 2.44. The van der Waals surface area contributed by atoms with Gasteiger partial charge in [-0.05, 0) is 69.1 Å². The summed E-state index contributed by atoms with van der Waals surface area (Å²) in [5.74, 6) is 2.55. The highest BCUT2D eigenvalue weighted by atomic mass is 32.1. The molecule has 3 heterocycles. The average molecular weight is 709 g/mol. The largest absolute Gasteiger partial charge is 0.436 e. The first-order chi connectivity index (χ1) is 26.7. The summed E-state index contributed by atoms with van der Waals surface area (Å²) < 4.78 is 8.64. The molecular formula is C48H28N4OS. The van der Waals surface area contributed by atoms with E-state index in [9.17, 15) is 0 Å². The molecule has 0 aliphatic heterocycles. The molecule has 3 aromatic heterocycles. The molecule has 0 spiro atoms. The fourth-order valence-corrected chi connectivity index (χ4v) is 8.72. The van der Waals surface area contributed by atoms with Crippen LogP contribution in [0.15, 0.2) is 174 Å². The van der Waals surface area contributed by atoms with Crippen LogP contribution in [0.4, 0.5) is 0 Å². The SMILES string of the molecule is c1ccc(-c2nc(-c3ccc4ccccc4c3)nc(-c3ccc(-c4cccc5sc6cc7oc(-c8ccccc8)nc7cc6c45)c4ccccc34)n2)cc1. The second kappa shape index (κ2) is 12.3. The minimum Gasteiger partial charge on any atom is -0.436 e. The molecule has 0 fully saturated rings. The Morgan fingerprint density at radius 3 is 1.87 bits per heavy atom. The van der Waals surface area contributed by atoms with Crippen LogP contribution in [0.5, 0.6) is 0 Å². The number of hydrogen-bond acceptors (Lipinski definition) is 6. The molecule has 0 unspecified atom stereocenters. The van der Waals surface area contributed by atoms with Crippen LogP contribution in [0.25, 0.3) is 110 Å². The lowest BCUT2D eigenvalue weighted by Crippen LogP contribution is -2.00. The van der Waals surface area contributed by atoms with E-state index in [1.807, 2.05) is 60.7 Å². The van der Waals surface area contributed by atoms with Gasteiger partial charge in [0.05, 0.1) is 0 Å². The Balaban J connectivity index is 1.09. The van der Waals surface area contributed by atoms with Crippen LogP contribution in [0.3, 0.4) is 0 Å². The number of fused-ring (bicyclic) bond motifs is 6. The van der Waals surface area contributed by atoms with Gasteiger partial charge >= 0.3 is 0 Å². The van der Waals surface area contributed by atoms with Crippen molar-refractivity contribution in [3.05, 3.63) is 170 Å². The summed E-state index contributed by atoms with van der Waals surface area (Å²) in [5, 5.41) is 6.91. The molecule has 0 saturated carbocycles. The molecular weight excluding hydrogens is 681 g/mol. The Morgan fingerprint density at radius 1 is 0.389 bits per heavy atom. The van der Waals surface area contributed by atoms with E-state index in [-0.39, 0.29) is 0 Å². The fraction of sp³-hybridized carbons (Fsp3) is 0. The molecule has 54 heavy (non-hydrogen) atoms. The van der Waals surface area contributed by atoms with E-state index in [0.29, 0.717) is 23.4 Å². The Labute approximate surface area is 313 Å². The normalized spacial score (nSPS) is 11.7. The Morgan fingerprint density at radius 2 is 1.06 bits per heavy atom. The number of thiophene rings is 1. The first kappa shape index (κ1) is 30.6. The maximum atomic E-state index is 6.26. The molecule has 0 aliphatic carbocycles. The second-order valence-electron chi connectivity index (χ2n) is 13.4. The molecule has 0 bridgehead atoms. The number of aromatic nitrogens is 4. The first-order valence-electron chi connectivity index (χ1n) is 17.9. The number of nitrogens with zero attached hydrogens (tertiary/aromatic N) is 4. The maximum absolute atomic E-state index is 6.26. The number of rotatable bonds is 5. The lowest BCUT2D eigenvalue weighted by atomic mass is 9.92. The van der Waals surface area contributed by atoms with E-state index in [1.54, 1.807) is 11.3 Å². The third kappa shape index (κ3) is 5.07. The van der Waals surface area contributed by atoms with Crippen molar-refractivity contribution in [1.82, 2.24) is 19.9 Å². The molecule has 11 rings (SSSR count). The smallest absolute Gasteiger partial charge is 0.227 e. The predicted molar refractivity (Wildman–Crippen MR) is 222 cm³/mol. The molecule has 0 saturated heterocycles. The monoisotopic (exact) mass is 708 g/mol. The van der Waals surface area contributed by atoms with E-state index in [1.165, 1.54) is 31.1 Å². The van der Waals surface area contributed by atoms with Crippen molar-refractivity contribution in [2.45, 2.75) is 0 Å². The highest BCUT2D eigenvalue weighted by molar-refractivity contribution is 7.26. The third-order valence-electron chi connectivity index (χ3n) is 10.2. The van der Waals surface area contributed by atoms with Gasteiger partial charge in [-0.3, -0.25) is 0 Å². The molecule has 0 radical (unpaired) electrons. The average Bonchev–Trinajstić information content (AvgIpc) is 3.83. The highest BCUT2D eigenvalue weighted by Gasteiger charge is 2.19. The topological polar surface area (TPSA) is 64.7 Å². The number of hydrogen-bond donors (Lipinski definition) is 0. The van der Waals surface area contributed by atoms with E-state index in [2.05, 4.69) is 109 Å². The first-order valence-corrected chi connectivity index (χ1v) is 18.7. The zero-order chi connectivity index (χ0) is 35.6. The van der Waals surface area contributed by atoms with Crippen molar-refractivity contribution < 1.29 is 4.42 Å². The number of oxazole rings is 1. The van der Waals surface area contributed by atoms with Gasteiger partial charge in [0.2, 0.25) is 5.89 Å². The minimum absolute atomic E-state index is 0.631. The van der Waals surface area contributed by atoms with E-state index in [4.69, 9.17) is 24.4 Å². The molecule has 252 valence electrons. The molecule has 8 aromatic carbocycles. The van der Waals surface area contributed by atoms with Gasteiger partial charge in [0.1, 0.15) is 5.52 Å². The van der Waals surface area contributed by atoms with Gasteiger partial charge in [-0.25, -0.2) is 19.9 Å². The van der Waals surface area contributed by atoms with Crippen LogP contribution in [0.1, 0.15) is 0 Å². The van der Waals surface area contributed by atoms with Crippen LogP contribution in [0.2, 0.25) is 0 Å². The lowest BCUT2D eigenvalue weighted by Gasteiger charge is -2.14. The summed E-state index contributed by atoms with van der Waals surface area (Å²) in [4.78, 5) is 20.2. The van der Waals surface area contributed by atoms with Gasteiger partial charge in [-0.2, -0.15) is 0 Å². The van der Waals surface area contributed by atoms with Gasteiger partial charge in [-0.1, -0.05) is 127 Å². The third-order valence-corrected chi connectivity index (χ3v) is 11.3. The summed E-state index contributed by atoms with van der Waals surface area (Å²) in [6.07, 6.45) is 0. The standard InChI is InChI=1S/C48H28N4OS/c1-3-13-30(14-4-1)45-50-46(33-23-22-29-12-7-8-17-32(29)26-33)52-47(51-45)38-25-24-36(34-18-9-10-19-35(34)38)37-20-11-21-42-44(37)39-27-40-41(28-43(39)54-42)53-48(49-40)31-15-5-2-6-16-31/h1-28H. The molecule has 0 atom stereocenters. The van der Waals surface area contributed by atoms with Crippen molar-refractivity contribution in [2.75, 3.05) is 0 Å². The van der Waals surface area contributed by atoms with E-state index < -0.39 is 0 Å². The van der Waals surface area contributed by atoms with Crippen molar-refractivity contribution in [2.24, 2.45) is 0 Å². The van der Waals surface area contributed by atoms with Crippen molar-refractivity contribution >= 4 is 64.2 Å².